The van der Waals surface area contributed by atoms with Gasteiger partial charge in [-0.3, -0.25) is 4.98 Å². The van der Waals surface area contributed by atoms with Gasteiger partial charge < -0.3 is 4.98 Å². The molecule has 2 aromatic rings. The van der Waals surface area contributed by atoms with E-state index in [0.717, 1.165) is 17.0 Å². The van der Waals surface area contributed by atoms with Gasteiger partial charge in [0.2, 0.25) is 0 Å². The first-order valence-corrected chi connectivity index (χ1v) is 13.2. The fourth-order valence-electron chi connectivity index (χ4n) is 5.78. The lowest BCUT2D eigenvalue weighted by molar-refractivity contribution is 0.457. The van der Waals surface area contributed by atoms with Crippen LogP contribution in [0.4, 0.5) is 0 Å². The molecule has 0 aromatic carbocycles. The van der Waals surface area contributed by atoms with Crippen molar-refractivity contribution >= 4 is 24.0 Å². The first kappa shape index (κ1) is 21.9. The predicted molar refractivity (Wildman–Crippen MR) is 130 cm³/mol. The van der Waals surface area contributed by atoms with Crippen molar-refractivity contribution in [3.05, 3.63) is 18.0 Å². The first-order valence-electron chi connectivity index (χ1n) is 13.2. The van der Waals surface area contributed by atoms with E-state index in [-0.39, 0.29) is 0 Å². The number of fused-ring (bicyclic) bond motifs is 1. The van der Waals surface area contributed by atoms with Gasteiger partial charge in [-0.2, -0.15) is 0 Å². The summed E-state index contributed by atoms with van der Waals surface area (Å²) in [7, 11) is 1.18. The Kier molecular flexibility index (Phi) is 8.69. The third-order valence-electron chi connectivity index (χ3n) is 7.67. The van der Waals surface area contributed by atoms with E-state index < -0.39 is 0 Å². The molecule has 0 aliphatic heterocycles. The molecule has 0 unspecified atom stereocenters. The van der Waals surface area contributed by atoms with E-state index in [1.54, 1.807) is 0 Å². The summed E-state index contributed by atoms with van der Waals surface area (Å²) < 4.78 is 0. The monoisotopic (exact) mass is 407 g/mol. The second kappa shape index (κ2) is 11.9. The van der Waals surface area contributed by atoms with Crippen LogP contribution in [0, 0.1) is 0 Å². The van der Waals surface area contributed by atoms with Gasteiger partial charge in [0.25, 0.3) is 0 Å². The summed E-state index contributed by atoms with van der Waals surface area (Å²) in [5.74, 6) is 1.43. The molecule has 0 atom stereocenters. The van der Waals surface area contributed by atoms with Crippen molar-refractivity contribution in [3.8, 4) is 0 Å². The van der Waals surface area contributed by atoms with Crippen LogP contribution in [0.2, 0.25) is 5.82 Å². The average Bonchev–Trinajstić information content (AvgIpc) is 3.18. The Morgan fingerprint density at radius 1 is 0.700 bits per heavy atom. The Labute approximate surface area is 184 Å². The summed E-state index contributed by atoms with van der Waals surface area (Å²) in [6.45, 7) is 0. The Bertz CT molecular complexity index is 736. The fourth-order valence-corrected chi connectivity index (χ4v) is 5.78. The van der Waals surface area contributed by atoms with Gasteiger partial charge in [0.15, 0.2) is 12.9 Å². The van der Waals surface area contributed by atoms with Crippen LogP contribution in [-0.4, -0.2) is 22.2 Å². The van der Waals surface area contributed by atoms with Crippen LogP contribution in [0.5, 0.6) is 0 Å². The van der Waals surface area contributed by atoms with E-state index in [1.165, 1.54) is 134 Å². The number of aromatic nitrogens is 3. The highest BCUT2D eigenvalue weighted by atomic mass is 14.9. The molecule has 2 heterocycles. The van der Waals surface area contributed by atoms with Crippen LogP contribution in [0.25, 0.3) is 11.2 Å². The molecule has 4 rings (SSSR count). The molecular weight excluding hydrogens is 365 g/mol. The van der Waals surface area contributed by atoms with Crippen molar-refractivity contribution in [2.24, 2.45) is 0 Å². The molecule has 2 aromatic heterocycles. The number of nitrogens with one attached hydrogen (secondary N) is 1. The zero-order valence-corrected chi connectivity index (χ0v) is 19.1. The molecule has 0 saturated heterocycles. The first-order chi connectivity index (χ1) is 14.9. The van der Waals surface area contributed by atoms with Gasteiger partial charge in [0.1, 0.15) is 5.52 Å². The maximum Gasteiger partial charge on any atom is 0.182 e. The van der Waals surface area contributed by atoms with Crippen LogP contribution < -0.4 is 5.59 Å². The number of nitrogens with zero attached hydrogens (tertiary/aromatic N) is 2. The van der Waals surface area contributed by atoms with E-state index in [4.69, 9.17) is 9.97 Å². The fraction of sp³-hybridized carbons (Fsp3) is 0.769. The smallest absolute Gasteiger partial charge is 0.182 e. The van der Waals surface area contributed by atoms with Gasteiger partial charge in [0.05, 0.1) is 5.69 Å². The van der Waals surface area contributed by atoms with Gasteiger partial charge in [-0.25, -0.2) is 4.98 Å². The molecule has 0 radical (unpaired) electrons. The van der Waals surface area contributed by atoms with Crippen molar-refractivity contribution in [3.63, 3.8) is 0 Å². The molecule has 3 nitrogen and oxygen atoms in total. The molecule has 2 saturated carbocycles. The van der Waals surface area contributed by atoms with Gasteiger partial charge in [-0.05, 0) is 24.5 Å². The van der Waals surface area contributed by atoms with Crippen molar-refractivity contribution in [1.29, 1.82) is 0 Å². The highest BCUT2D eigenvalue weighted by molar-refractivity contribution is 6.54. The van der Waals surface area contributed by atoms with Crippen molar-refractivity contribution < 1.29 is 0 Å². The molecule has 1 N–H and O–H groups in total. The number of rotatable bonds is 3. The highest BCUT2D eigenvalue weighted by Gasteiger charge is 2.18. The maximum atomic E-state index is 5.08. The second-order valence-corrected chi connectivity index (χ2v) is 10.2. The summed E-state index contributed by atoms with van der Waals surface area (Å²) in [4.78, 5) is 13.6. The maximum absolute atomic E-state index is 5.08. The minimum atomic E-state index is 0.602. The van der Waals surface area contributed by atoms with Gasteiger partial charge in [0, 0.05) is 12.1 Å². The zero-order valence-electron chi connectivity index (χ0n) is 19.1. The average molecular weight is 407 g/mol. The van der Waals surface area contributed by atoms with Crippen molar-refractivity contribution in [2.45, 2.75) is 127 Å². The van der Waals surface area contributed by atoms with E-state index in [2.05, 4.69) is 17.2 Å². The van der Waals surface area contributed by atoms with E-state index in [0.29, 0.717) is 5.92 Å². The lowest BCUT2D eigenvalue weighted by Gasteiger charge is -2.17. The summed E-state index contributed by atoms with van der Waals surface area (Å²) in [6, 6.07) is 2.28. The molecule has 0 amide bonds. The molecule has 4 heteroatoms. The Balaban J connectivity index is 1.41. The number of H-pyrrole nitrogens is 1. The number of hydrogen-bond acceptors (Lipinski definition) is 2. The lowest BCUT2D eigenvalue weighted by atomic mass is 9.58. The SMILES string of the molecule is B(c1cc2ncc(C3CCCCCCCCC3)nc2[nH]1)C1CCCCCCCCC1. The van der Waals surface area contributed by atoms with Crippen molar-refractivity contribution in [2.75, 3.05) is 0 Å². The number of hydrogen-bond donors (Lipinski definition) is 1. The van der Waals surface area contributed by atoms with E-state index in [9.17, 15) is 0 Å². The van der Waals surface area contributed by atoms with Crippen LogP contribution in [-0.2, 0) is 0 Å². The molecule has 2 fully saturated rings. The second-order valence-electron chi connectivity index (χ2n) is 10.2. The van der Waals surface area contributed by atoms with Gasteiger partial charge in [-0.1, -0.05) is 109 Å². The van der Waals surface area contributed by atoms with Gasteiger partial charge >= 0.3 is 0 Å². The van der Waals surface area contributed by atoms with Crippen molar-refractivity contribution in [1.82, 2.24) is 15.0 Å². The number of aromatic amines is 1. The lowest BCUT2D eigenvalue weighted by Crippen LogP contribution is -2.21. The van der Waals surface area contributed by atoms with Crippen LogP contribution in [0.3, 0.4) is 0 Å². The third kappa shape index (κ3) is 6.59. The Morgan fingerprint density at radius 2 is 1.23 bits per heavy atom. The summed E-state index contributed by atoms with van der Waals surface area (Å²) >= 11 is 0. The summed E-state index contributed by atoms with van der Waals surface area (Å²) in [5, 5.41) is 0. The quantitative estimate of drug-likeness (QED) is 0.560. The molecular formula is C26H42BN3. The minimum absolute atomic E-state index is 0.602. The van der Waals surface area contributed by atoms with Gasteiger partial charge in [-0.15, -0.1) is 0 Å². The van der Waals surface area contributed by atoms with E-state index >= 15 is 0 Å². The topological polar surface area (TPSA) is 41.6 Å². The predicted octanol–water partition coefficient (Wildman–Crippen LogP) is 6.94. The molecule has 2 aliphatic rings. The highest BCUT2D eigenvalue weighted by Crippen LogP contribution is 2.29. The molecule has 164 valence electrons. The molecule has 0 bridgehead atoms. The molecule has 0 spiro atoms. The summed E-state index contributed by atoms with van der Waals surface area (Å²) in [5.41, 5.74) is 4.68. The normalized spacial score (nSPS) is 22.0. The third-order valence-corrected chi connectivity index (χ3v) is 7.67. The Morgan fingerprint density at radius 3 is 1.83 bits per heavy atom. The molecule has 30 heavy (non-hydrogen) atoms. The van der Waals surface area contributed by atoms with Crippen LogP contribution in [0.15, 0.2) is 12.3 Å². The zero-order chi connectivity index (χ0) is 20.4. The standard InChI is InChI=1S/C26H42BN3/c1-3-7-11-15-21(16-12-8-4-1)24-20-28-23-19-25(30-26(23)29-24)27-22-17-13-9-5-2-6-10-14-18-22/h19-22,27H,1-18H2,(H,29,30). The largest absolute Gasteiger partial charge is 0.351 e. The molecule has 2 aliphatic carbocycles. The van der Waals surface area contributed by atoms with E-state index in [1.807, 2.05) is 0 Å². The van der Waals surface area contributed by atoms with Crippen LogP contribution in [0.1, 0.15) is 127 Å². The summed E-state index contributed by atoms with van der Waals surface area (Å²) in [6.07, 6.45) is 27.2. The van der Waals surface area contributed by atoms with Crippen LogP contribution >= 0.6 is 0 Å². The Hall–Kier alpha value is -1.32. The minimum Gasteiger partial charge on any atom is -0.351 e.